The summed E-state index contributed by atoms with van der Waals surface area (Å²) in [6.07, 6.45) is 1.56. The van der Waals surface area contributed by atoms with E-state index in [9.17, 15) is 14.0 Å². The first-order valence-corrected chi connectivity index (χ1v) is 8.78. The molecule has 7 heteroatoms. The highest BCUT2D eigenvalue weighted by atomic mass is 19.1. The van der Waals surface area contributed by atoms with Gasteiger partial charge in [0.25, 0.3) is 5.91 Å². The van der Waals surface area contributed by atoms with Crippen LogP contribution in [0.4, 0.5) is 10.1 Å². The number of amides is 2. The van der Waals surface area contributed by atoms with Crippen LogP contribution in [0.15, 0.2) is 28.8 Å². The Morgan fingerprint density at radius 3 is 2.73 bits per heavy atom. The number of likely N-dealkylation sites (tertiary alicyclic amines) is 1. The first-order chi connectivity index (χ1) is 12.4. The summed E-state index contributed by atoms with van der Waals surface area (Å²) in [5.74, 6) is -0.183. The first kappa shape index (κ1) is 16.8. The second-order valence-corrected chi connectivity index (χ2v) is 7.10. The molecule has 4 rings (SSSR count). The number of hydrogen-bond acceptors (Lipinski definition) is 4. The molecule has 2 aliphatic heterocycles. The largest absolute Gasteiger partial charge is 0.361 e. The lowest BCUT2D eigenvalue weighted by Crippen LogP contribution is -2.58. The zero-order valence-electron chi connectivity index (χ0n) is 14.7. The Kier molecular flexibility index (Phi) is 4.01. The highest BCUT2D eigenvalue weighted by Crippen LogP contribution is 2.34. The maximum absolute atomic E-state index is 13.5. The maximum Gasteiger partial charge on any atom is 0.276 e. The molecule has 3 heterocycles. The third-order valence-electron chi connectivity index (χ3n) is 5.18. The fourth-order valence-corrected chi connectivity index (χ4v) is 3.68. The fraction of sp³-hybridized carbons (Fsp3) is 0.421. The summed E-state index contributed by atoms with van der Waals surface area (Å²) in [6, 6.07) is 6.22. The van der Waals surface area contributed by atoms with Crippen LogP contribution in [0.5, 0.6) is 0 Å². The molecular formula is C19H20FN3O3. The number of carbonyl (C=O) groups excluding carboxylic acids is 2. The maximum atomic E-state index is 13.5. The van der Waals surface area contributed by atoms with E-state index in [1.165, 1.54) is 12.1 Å². The van der Waals surface area contributed by atoms with Crippen molar-refractivity contribution in [2.45, 2.75) is 32.7 Å². The van der Waals surface area contributed by atoms with E-state index in [0.717, 1.165) is 24.1 Å². The van der Waals surface area contributed by atoms with Gasteiger partial charge >= 0.3 is 0 Å². The van der Waals surface area contributed by atoms with Crippen molar-refractivity contribution in [3.05, 3.63) is 47.1 Å². The second-order valence-electron chi connectivity index (χ2n) is 7.10. The number of carbonyl (C=O) groups is 2. The van der Waals surface area contributed by atoms with Gasteiger partial charge in [-0.05, 0) is 50.5 Å². The van der Waals surface area contributed by atoms with Crippen LogP contribution in [0.1, 0.15) is 35.2 Å². The molecule has 0 saturated carbocycles. The van der Waals surface area contributed by atoms with E-state index in [1.54, 1.807) is 28.9 Å². The van der Waals surface area contributed by atoms with E-state index in [0.29, 0.717) is 18.8 Å². The summed E-state index contributed by atoms with van der Waals surface area (Å²) in [4.78, 5) is 28.7. The Balaban J connectivity index is 1.47. The predicted octanol–water partition coefficient (Wildman–Crippen LogP) is 2.56. The molecule has 1 aromatic carbocycles. The topological polar surface area (TPSA) is 66.7 Å². The summed E-state index contributed by atoms with van der Waals surface area (Å²) < 4.78 is 18.4. The van der Waals surface area contributed by atoms with Crippen LogP contribution in [0.3, 0.4) is 0 Å². The molecule has 0 N–H and O–H groups in total. The van der Waals surface area contributed by atoms with Gasteiger partial charge in [0.1, 0.15) is 11.6 Å². The van der Waals surface area contributed by atoms with Crippen LogP contribution in [-0.2, 0) is 11.2 Å². The standard InChI is InChI=1S/C19H20FN3O3/c1-11-3-4-13-8-15(20)5-6-17(13)23(11)18(24)14-9-22(10-14)19(25)16-7-12(2)26-21-16/h5-8,11,14H,3-4,9-10H2,1-2H3. The predicted molar refractivity (Wildman–Crippen MR) is 92.3 cm³/mol. The van der Waals surface area contributed by atoms with Crippen LogP contribution in [0, 0.1) is 18.7 Å². The van der Waals surface area contributed by atoms with Gasteiger partial charge in [0.05, 0.1) is 5.92 Å². The monoisotopic (exact) mass is 357 g/mol. The lowest BCUT2D eigenvalue weighted by atomic mass is 9.92. The van der Waals surface area contributed by atoms with Crippen molar-refractivity contribution in [1.29, 1.82) is 0 Å². The van der Waals surface area contributed by atoms with Crippen molar-refractivity contribution in [1.82, 2.24) is 10.1 Å². The van der Waals surface area contributed by atoms with E-state index < -0.39 is 0 Å². The summed E-state index contributed by atoms with van der Waals surface area (Å²) in [6.45, 7) is 4.46. The normalized spacial score (nSPS) is 19.9. The molecule has 1 aromatic heterocycles. The first-order valence-electron chi connectivity index (χ1n) is 8.78. The van der Waals surface area contributed by atoms with E-state index >= 15 is 0 Å². The van der Waals surface area contributed by atoms with Crippen molar-refractivity contribution >= 4 is 17.5 Å². The molecule has 1 unspecified atom stereocenters. The molecule has 2 aliphatic rings. The van der Waals surface area contributed by atoms with Gasteiger partial charge in [-0.15, -0.1) is 0 Å². The average Bonchev–Trinajstić information content (AvgIpc) is 3.00. The Morgan fingerprint density at radius 2 is 2.04 bits per heavy atom. The van der Waals surface area contributed by atoms with E-state index in [-0.39, 0.29) is 35.3 Å². The van der Waals surface area contributed by atoms with E-state index in [1.807, 2.05) is 6.92 Å². The zero-order chi connectivity index (χ0) is 18.4. The number of rotatable bonds is 2. The molecule has 2 amide bonds. The zero-order valence-corrected chi connectivity index (χ0v) is 14.7. The number of anilines is 1. The van der Waals surface area contributed by atoms with Gasteiger partial charge in [0, 0.05) is 30.9 Å². The Labute approximate surface area is 150 Å². The van der Waals surface area contributed by atoms with Gasteiger partial charge in [-0.25, -0.2) is 4.39 Å². The Bertz CT molecular complexity index is 873. The van der Waals surface area contributed by atoms with Crippen molar-refractivity contribution in [2.24, 2.45) is 5.92 Å². The molecule has 6 nitrogen and oxygen atoms in total. The fourth-order valence-electron chi connectivity index (χ4n) is 3.68. The highest BCUT2D eigenvalue weighted by molar-refractivity contribution is 6.00. The number of fused-ring (bicyclic) bond motifs is 1. The average molecular weight is 357 g/mol. The van der Waals surface area contributed by atoms with Crippen LogP contribution < -0.4 is 4.90 Å². The minimum atomic E-state index is -0.283. The summed E-state index contributed by atoms with van der Waals surface area (Å²) in [7, 11) is 0. The molecule has 26 heavy (non-hydrogen) atoms. The summed E-state index contributed by atoms with van der Waals surface area (Å²) in [5.41, 5.74) is 1.91. The Hall–Kier alpha value is -2.70. The quantitative estimate of drug-likeness (QED) is 0.828. The molecule has 0 bridgehead atoms. The van der Waals surface area contributed by atoms with Gasteiger partial charge in [0.2, 0.25) is 5.91 Å². The minimum absolute atomic E-state index is 0.00885. The third kappa shape index (κ3) is 2.77. The number of benzene rings is 1. The molecule has 2 aromatic rings. The van der Waals surface area contributed by atoms with Gasteiger partial charge < -0.3 is 14.3 Å². The van der Waals surface area contributed by atoms with Crippen LogP contribution >= 0.6 is 0 Å². The van der Waals surface area contributed by atoms with Gasteiger partial charge in [-0.3, -0.25) is 9.59 Å². The van der Waals surface area contributed by atoms with E-state index in [2.05, 4.69) is 5.16 Å². The van der Waals surface area contributed by atoms with Crippen LogP contribution in [0.2, 0.25) is 0 Å². The van der Waals surface area contributed by atoms with Gasteiger partial charge in [0.15, 0.2) is 5.69 Å². The molecule has 1 saturated heterocycles. The lowest BCUT2D eigenvalue weighted by molar-refractivity contribution is -0.126. The minimum Gasteiger partial charge on any atom is -0.361 e. The van der Waals surface area contributed by atoms with Crippen molar-refractivity contribution in [3.8, 4) is 0 Å². The lowest BCUT2D eigenvalue weighted by Gasteiger charge is -2.43. The molecule has 1 atom stereocenters. The number of hydrogen-bond donors (Lipinski definition) is 0. The van der Waals surface area contributed by atoms with Crippen LogP contribution in [0.25, 0.3) is 0 Å². The summed E-state index contributed by atoms with van der Waals surface area (Å²) >= 11 is 0. The molecule has 0 spiro atoms. The van der Waals surface area contributed by atoms with Gasteiger partial charge in [-0.2, -0.15) is 0 Å². The SMILES string of the molecule is Cc1cc(C(=O)N2CC(C(=O)N3c4ccc(F)cc4CCC3C)C2)no1. The highest BCUT2D eigenvalue weighted by Gasteiger charge is 2.41. The number of nitrogens with zero attached hydrogens (tertiary/aromatic N) is 3. The smallest absolute Gasteiger partial charge is 0.276 e. The second kappa shape index (κ2) is 6.23. The number of aromatic nitrogens is 1. The molecule has 0 radical (unpaired) electrons. The third-order valence-corrected chi connectivity index (χ3v) is 5.18. The Morgan fingerprint density at radius 1 is 1.27 bits per heavy atom. The van der Waals surface area contributed by atoms with Crippen LogP contribution in [-0.4, -0.2) is 41.0 Å². The van der Waals surface area contributed by atoms with Crippen molar-refractivity contribution in [3.63, 3.8) is 0 Å². The number of halogens is 1. The number of aryl methyl sites for hydroxylation is 2. The van der Waals surface area contributed by atoms with Crippen molar-refractivity contribution in [2.75, 3.05) is 18.0 Å². The molecule has 1 fully saturated rings. The molecular weight excluding hydrogens is 337 g/mol. The molecule has 136 valence electrons. The van der Waals surface area contributed by atoms with Crippen molar-refractivity contribution < 1.29 is 18.5 Å². The van der Waals surface area contributed by atoms with Gasteiger partial charge in [-0.1, -0.05) is 5.16 Å². The molecule has 0 aliphatic carbocycles. The summed E-state index contributed by atoms with van der Waals surface area (Å²) in [5, 5.41) is 3.73. The van der Waals surface area contributed by atoms with E-state index in [4.69, 9.17) is 4.52 Å².